The minimum absolute atomic E-state index is 0.147. The van der Waals surface area contributed by atoms with Gasteiger partial charge in [0.25, 0.3) is 0 Å². The van der Waals surface area contributed by atoms with Gasteiger partial charge in [-0.2, -0.15) is 5.10 Å². The number of hydrogen-bond acceptors (Lipinski definition) is 3. The van der Waals surface area contributed by atoms with Crippen molar-refractivity contribution in [3.63, 3.8) is 0 Å². The molecule has 0 saturated heterocycles. The lowest BCUT2D eigenvalue weighted by atomic mass is 10.1. The standard InChI is InChI=1S/C15H21N3S/c1-10(17-19-15(3,4)5)12-7-8-13-11(2)16-18(6)14(13)9-12/h7-9H,1-6H3. The summed E-state index contributed by atoms with van der Waals surface area (Å²) >= 11 is 1.62. The van der Waals surface area contributed by atoms with Crippen molar-refractivity contribution in [2.75, 3.05) is 0 Å². The van der Waals surface area contributed by atoms with Crippen LogP contribution in [0.3, 0.4) is 0 Å². The van der Waals surface area contributed by atoms with E-state index < -0.39 is 0 Å². The minimum Gasteiger partial charge on any atom is -0.268 e. The van der Waals surface area contributed by atoms with E-state index in [2.05, 4.69) is 55.4 Å². The molecule has 3 nitrogen and oxygen atoms in total. The molecule has 1 aromatic heterocycles. The van der Waals surface area contributed by atoms with Crippen molar-refractivity contribution in [3.05, 3.63) is 29.5 Å². The lowest BCUT2D eigenvalue weighted by Crippen LogP contribution is -2.06. The maximum absolute atomic E-state index is 4.61. The molecule has 19 heavy (non-hydrogen) atoms. The lowest BCUT2D eigenvalue weighted by Gasteiger charge is -2.13. The zero-order valence-electron chi connectivity index (χ0n) is 12.5. The van der Waals surface area contributed by atoms with E-state index in [1.165, 1.54) is 5.39 Å². The quantitative estimate of drug-likeness (QED) is 0.609. The summed E-state index contributed by atoms with van der Waals surface area (Å²) in [5, 5.41) is 5.66. The highest BCUT2D eigenvalue weighted by molar-refractivity contribution is 7.99. The Morgan fingerprint density at radius 3 is 2.63 bits per heavy atom. The van der Waals surface area contributed by atoms with Crippen LogP contribution in [-0.4, -0.2) is 20.2 Å². The van der Waals surface area contributed by atoms with Crippen LogP contribution in [-0.2, 0) is 7.05 Å². The van der Waals surface area contributed by atoms with E-state index in [1.54, 1.807) is 11.9 Å². The molecule has 0 aliphatic rings. The van der Waals surface area contributed by atoms with E-state index in [0.29, 0.717) is 0 Å². The summed E-state index contributed by atoms with van der Waals surface area (Å²) in [5.74, 6) is 0. The molecule has 2 rings (SSSR count). The van der Waals surface area contributed by atoms with E-state index in [-0.39, 0.29) is 4.75 Å². The predicted molar refractivity (Wildman–Crippen MR) is 85.0 cm³/mol. The average Bonchev–Trinajstić information content (AvgIpc) is 2.61. The van der Waals surface area contributed by atoms with Crippen LogP contribution < -0.4 is 0 Å². The summed E-state index contributed by atoms with van der Waals surface area (Å²) in [6.45, 7) is 10.6. The summed E-state index contributed by atoms with van der Waals surface area (Å²) in [6.07, 6.45) is 0. The molecule has 1 aromatic carbocycles. The number of hydrogen-bond donors (Lipinski definition) is 0. The SMILES string of the molecule is CC(=NSC(C)(C)C)c1ccc2c(C)nn(C)c2c1. The molecule has 1 heterocycles. The summed E-state index contributed by atoms with van der Waals surface area (Å²) in [6, 6.07) is 6.42. The topological polar surface area (TPSA) is 30.2 Å². The number of aromatic nitrogens is 2. The van der Waals surface area contributed by atoms with Gasteiger partial charge in [-0.15, -0.1) is 0 Å². The Hall–Kier alpha value is -1.29. The fourth-order valence-corrected chi connectivity index (χ4v) is 2.44. The number of aryl methyl sites for hydroxylation is 2. The number of fused-ring (bicyclic) bond motifs is 1. The zero-order valence-corrected chi connectivity index (χ0v) is 13.3. The number of nitrogens with zero attached hydrogens (tertiary/aromatic N) is 3. The highest BCUT2D eigenvalue weighted by atomic mass is 32.2. The molecule has 102 valence electrons. The Bertz CT molecular complexity index is 633. The molecule has 0 saturated carbocycles. The Labute approximate surface area is 119 Å². The molecule has 0 aliphatic carbocycles. The summed E-state index contributed by atoms with van der Waals surface area (Å²) < 4.78 is 6.69. The van der Waals surface area contributed by atoms with Gasteiger partial charge < -0.3 is 0 Å². The highest BCUT2D eigenvalue weighted by Gasteiger charge is 2.11. The van der Waals surface area contributed by atoms with Gasteiger partial charge in [-0.1, -0.05) is 12.1 Å². The fraction of sp³-hybridized carbons (Fsp3) is 0.467. The van der Waals surface area contributed by atoms with Crippen LogP contribution in [0.4, 0.5) is 0 Å². The molecule has 0 atom stereocenters. The van der Waals surface area contributed by atoms with Crippen molar-refractivity contribution in [3.8, 4) is 0 Å². The van der Waals surface area contributed by atoms with Crippen molar-refractivity contribution >= 4 is 28.6 Å². The predicted octanol–water partition coefficient (Wildman–Crippen LogP) is 4.14. The Morgan fingerprint density at radius 1 is 1.32 bits per heavy atom. The molecule has 0 unspecified atom stereocenters. The van der Waals surface area contributed by atoms with Gasteiger partial charge in [-0.25, -0.2) is 4.40 Å². The number of rotatable bonds is 2. The van der Waals surface area contributed by atoms with Gasteiger partial charge in [0.1, 0.15) is 0 Å². The third kappa shape index (κ3) is 3.18. The fourth-order valence-electron chi connectivity index (χ4n) is 1.92. The molecule has 2 aromatic rings. The van der Waals surface area contributed by atoms with Crippen LogP contribution in [0, 0.1) is 6.92 Å². The minimum atomic E-state index is 0.147. The Kier molecular flexibility index (Phi) is 3.72. The molecule has 0 spiro atoms. The van der Waals surface area contributed by atoms with E-state index in [1.807, 2.05) is 18.7 Å². The maximum Gasteiger partial charge on any atom is 0.0688 e. The molecule has 0 bridgehead atoms. The first kappa shape index (κ1) is 14.1. The molecular weight excluding hydrogens is 254 g/mol. The Balaban J connectivity index is 2.38. The lowest BCUT2D eigenvalue weighted by molar-refractivity contribution is 0.783. The van der Waals surface area contributed by atoms with Gasteiger partial charge >= 0.3 is 0 Å². The van der Waals surface area contributed by atoms with E-state index in [9.17, 15) is 0 Å². The van der Waals surface area contributed by atoms with Crippen molar-refractivity contribution < 1.29 is 0 Å². The summed E-state index contributed by atoms with van der Waals surface area (Å²) in [4.78, 5) is 0. The van der Waals surface area contributed by atoms with Crippen LogP contribution in [0.25, 0.3) is 10.9 Å². The normalized spacial score (nSPS) is 13.3. The van der Waals surface area contributed by atoms with Gasteiger partial charge in [-0.3, -0.25) is 4.68 Å². The van der Waals surface area contributed by atoms with Crippen molar-refractivity contribution in [1.29, 1.82) is 0 Å². The van der Waals surface area contributed by atoms with Gasteiger partial charge in [0.2, 0.25) is 0 Å². The first-order chi connectivity index (χ1) is 8.78. The third-order valence-electron chi connectivity index (χ3n) is 2.91. The van der Waals surface area contributed by atoms with Gasteiger partial charge in [0.15, 0.2) is 0 Å². The smallest absolute Gasteiger partial charge is 0.0688 e. The molecule has 0 amide bonds. The molecule has 0 aliphatic heterocycles. The van der Waals surface area contributed by atoms with Crippen molar-refractivity contribution in [2.45, 2.75) is 39.4 Å². The second-order valence-corrected chi connectivity index (χ2v) is 7.41. The molecule has 0 N–H and O–H groups in total. The van der Waals surface area contributed by atoms with Gasteiger partial charge in [0.05, 0.1) is 16.9 Å². The first-order valence-electron chi connectivity index (χ1n) is 6.44. The monoisotopic (exact) mass is 275 g/mol. The van der Waals surface area contributed by atoms with Crippen LogP contribution in [0.1, 0.15) is 39.0 Å². The van der Waals surface area contributed by atoms with Crippen LogP contribution in [0.15, 0.2) is 22.6 Å². The van der Waals surface area contributed by atoms with Gasteiger partial charge in [0, 0.05) is 17.2 Å². The molecule has 4 heteroatoms. The van der Waals surface area contributed by atoms with Crippen LogP contribution >= 0.6 is 11.9 Å². The average molecular weight is 275 g/mol. The number of benzene rings is 1. The zero-order chi connectivity index (χ0) is 14.2. The van der Waals surface area contributed by atoms with Gasteiger partial charge in [-0.05, 0) is 58.2 Å². The van der Waals surface area contributed by atoms with Crippen molar-refractivity contribution in [1.82, 2.24) is 9.78 Å². The second-order valence-electron chi connectivity index (χ2n) is 5.82. The van der Waals surface area contributed by atoms with E-state index >= 15 is 0 Å². The Morgan fingerprint density at radius 2 is 2.00 bits per heavy atom. The van der Waals surface area contributed by atoms with Crippen LogP contribution in [0.5, 0.6) is 0 Å². The largest absolute Gasteiger partial charge is 0.268 e. The van der Waals surface area contributed by atoms with E-state index in [4.69, 9.17) is 0 Å². The maximum atomic E-state index is 4.61. The highest BCUT2D eigenvalue weighted by Crippen LogP contribution is 2.26. The summed E-state index contributed by atoms with van der Waals surface area (Å²) in [7, 11) is 1.98. The van der Waals surface area contributed by atoms with E-state index in [0.717, 1.165) is 22.5 Å². The molecule has 0 fully saturated rings. The third-order valence-corrected chi connectivity index (χ3v) is 3.82. The van der Waals surface area contributed by atoms with Crippen LogP contribution in [0.2, 0.25) is 0 Å². The first-order valence-corrected chi connectivity index (χ1v) is 7.22. The van der Waals surface area contributed by atoms with Crippen molar-refractivity contribution in [2.24, 2.45) is 11.4 Å². The molecule has 0 radical (unpaired) electrons. The molecular formula is C15H21N3S. The summed E-state index contributed by atoms with van der Waals surface area (Å²) in [5.41, 5.74) is 4.45. The second kappa shape index (κ2) is 5.00.